The Morgan fingerprint density at radius 1 is 1.03 bits per heavy atom. The zero-order valence-corrected chi connectivity index (χ0v) is 19.3. The Morgan fingerprint density at radius 3 is 2.70 bits per heavy atom. The molecular formula is C26H25N5OS. The maximum atomic E-state index is 12.8. The van der Waals surface area contributed by atoms with Crippen LogP contribution >= 0.6 is 11.8 Å². The highest BCUT2D eigenvalue weighted by molar-refractivity contribution is 7.99. The van der Waals surface area contributed by atoms with Crippen molar-refractivity contribution >= 4 is 29.0 Å². The molecule has 1 aromatic heterocycles. The molecule has 5 rings (SSSR count). The summed E-state index contributed by atoms with van der Waals surface area (Å²) in [7, 11) is 0. The molecule has 0 atom stereocenters. The number of nitrogens with zero attached hydrogens (tertiary/aromatic N) is 4. The van der Waals surface area contributed by atoms with E-state index in [-0.39, 0.29) is 11.7 Å². The second-order valence-electron chi connectivity index (χ2n) is 8.11. The number of fused-ring (bicyclic) bond motifs is 1. The SMILES string of the molecule is Cc1ccc(-n2cnnc2SCC(=O)Nc2ccccc2CN2CCc3ccccc32)cc1. The number of para-hydroxylation sites is 2. The minimum absolute atomic E-state index is 0.0623. The van der Waals surface area contributed by atoms with Crippen LogP contribution < -0.4 is 10.2 Å². The zero-order chi connectivity index (χ0) is 22.6. The van der Waals surface area contributed by atoms with E-state index in [1.54, 1.807) is 6.33 Å². The summed E-state index contributed by atoms with van der Waals surface area (Å²) in [4.78, 5) is 15.2. The van der Waals surface area contributed by atoms with Crippen LogP contribution in [0.4, 0.5) is 11.4 Å². The van der Waals surface area contributed by atoms with Crippen LogP contribution in [0.1, 0.15) is 16.7 Å². The molecule has 0 unspecified atom stereocenters. The van der Waals surface area contributed by atoms with E-state index in [0.29, 0.717) is 5.16 Å². The highest BCUT2D eigenvalue weighted by atomic mass is 32.2. The molecule has 33 heavy (non-hydrogen) atoms. The second kappa shape index (κ2) is 9.50. The molecule has 0 spiro atoms. The summed E-state index contributed by atoms with van der Waals surface area (Å²) < 4.78 is 1.90. The van der Waals surface area contributed by atoms with Gasteiger partial charge in [0.05, 0.1) is 5.75 Å². The fourth-order valence-electron chi connectivity index (χ4n) is 4.08. The van der Waals surface area contributed by atoms with Crippen molar-refractivity contribution in [2.75, 3.05) is 22.5 Å². The molecule has 166 valence electrons. The smallest absolute Gasteiger partial charge is 0.234 e. The first-order valence-electron chi connectivity index (χ1n) is 11.0. The number of hydrogen-bond acceptors (Lipinski definition) is 5. The number of nitrogens with one attached hydrogen (secondary N) is 1. The van der Waals surface area contributed by atoms with Gasteiger partial charge in [0.25, 0.3) is 0 Å². The minimum Gasteiger partial charge on any atom is -0.367 e. The van der Waals surface area contributed by atoms with Crippen LogP contribution in [0, 0.1) is 6.92 Å². The van der Waals surface area contributed by atoms with E-state index in [1.807, 2.05) is 47.0 Å². The topological polar surface area (TPSA) is 63.1 Å². The van der Waals surface area contributed by atoms with Crippen molar-refractivity contribution < 1.29 is 4.79 Å². The van der Waals surface area contributed by atoms with Crippen LogP contribution in [0.15, 0.2) is 84.3 Å². The number of anilines is 2. The van der Waals surface area contributed by atoms with Crippen molar-refractivity contribution in [2.24, 2.45) is 0 Å². The molecule has 1 amide bonds. The van der Waals surface area contributed by atoms with Gasteiger partial charge in [0.1, 0.15) is 6.33 Å². The van der Waals surface area contributed by atoms with E-state index >= 15 is 0 Å². The van der Waals surface area contributed by atoms with Crippen LogP contribution in [0.2, 0.25) is 0 Å². The summed E-state index contributed by atoms with van der Waals surface area (Å²) >= 11 is 1.38. The van der Waals surface area contributed by atoms with E-state index in [0.717, 1.165) is 36.4 Å². The lowest BCUT2D eigenvalue weighted by atomic mass is 10.1. The van der Waals surface area contributed by atoms with Crippen LogP contribution in [0.5, 0.6) is 0 Å². The van der Waals surface area contributed by atoms with Crippen LogP contribution in [-0.4, -0.2) is 33.0 Å². The van der Waals surface area contributed by atoms with Gasteiger partial charge in [-0.05, 0) is 48.7 Å². The molecule has 1 aliphatic rings. The third-order valence-corrected chi connectivity index (χ3v) is 6.74. The Bertz CT molecular complexity index is 1270. The van der Waals surface area contributed by atoms with Crippen molar-refractivity contribution in [1.29, 1.82) is 0 Å². The van der Waals surface area contributed by atoms with Crippen molar-refractivity contribution in [2.45, 2.75) is 25.0 Å². The first-order valence-corrected chi connectivity index (χ1v) is 12.0. The van der Waals surface area contributed by atoms with E-state index in [9.17, 15) is 4.79 Å². The maximum absolute atomic E-state index is 12.8. The summed E-state index contributed by atoms with van der Waals surface area (Å²) in [5.74, 6) is 0.193. The molecule has 4 aromatic rings. The summed E-state index contributed by atoms with van der Waals surface area (Å²) in [6.07, 6.45) is 2.73. The lowest BCUT2D eigenvalue weighted by Crippen LogP contribution is -2.22. The molecule has 0 fully saturated rings. The summed E-state index contributed by atoms with van der Waals surface area (Å²) in [5.41, 5.74) is 6.79. The van der Waals surface area contributed by atoms with Gasteiger partial charge in [-0.1, -0.05) is 65.9 Å². The number of carbonyl (C=O) groups excluding carboxylic acids is 1. The monoisotopic (exact) mass is 455 g/mol. The molecule has 7 heteroatoms. The minimum atomic E-state index is -0.0623. The summed E-state index contributed by atoms with van der Waals surface area (Å²) in [5, 5.41) is 12.0. The number of carbonyl (C=O) groups is 1. The predicted octanol–water partition coefficient (Wildman–Crippen LogP) is 4.87. The van der Waals surface area contributed by atoms with Gasteiger partial charge in [0, 0.05) is 30.2 Å². The van der Waals surface area contributed by atoms with Gasteiger partial charge in [-0.2, -0.15) is 0 Å². The number of benzene rings is 3. The fourth-order valence-corrected chi connectivity index (χ4v) is 4.81. The van der Waals surface area contributed by atoms with E-state index in [4.69, 9.17) is 0 Å². The highest BCUT2D eigenvalue weighted by Gasteiger charge is 2.20. The standard InChI is InChI=1S/C26H25N5OS/c1-19-10-12-22(13-11-19)31-18-27-29-26(31)33-17-25(32)28-23-8-4-2-7-21(23)16-30-15-14-20-6-3-5-9-24(20)30/h2-13,18H,14-17H2,1H3,(H,28,32). The van der Waals surface area contributed by atoms with Crippen molar-refractivity contribution in [3.05, 3.63) is 95.8 Å². The lowest BCUT2D eigenvalue weighted by Gasteiger charge is -2.21. The Morgan fingerprint density at radius 2 is 1.82 bits per heavy atom. The number of rotatable bonds is 7. The van der Waals surface area contributed by atoms with Crippen LogP contribution in [0.3, 0.4) is 0 Å². The molecule has 2 heterocycles. The third-order valence-electron chi connectivity index (χ3n) is 5.80. The number of aromatic nitrogens is 3. The fraction of sp³-hybridized carbons (Fsp3) is 0.192. The first-order chi connectivity index (χ1) is 16.2. The zero-order valence-electron chi connectivity index (χ0n) is 18.4. The molecule has 0 aliphatic carbocycles. The molecule has 0 saturated heterocycles. The highest BCUT2D eigenvalue weighted by Crippen LogP contribution is 2.30. The molecule has 0 saturated carbocycles. The molecule has 0 radical (unpaired) electrons. The summed E-state index contributed by atoms with van der Waals surface area (Å²) in [6, 6.07) is 24.7. The van der Waals surface area contributed by atoms with Crippen molar-refractivity contribution in [1.82, 2.24) is 14.8 Å². The van der Waals surface area contributed by atoms with Crippen molar-refractivity contribution in [3.8, 4) is 5.69 Å². The molecule has 0 bridgehead atoms. The molecular weight excluding hydrogens is 430 g/mol. The van der Waals surface area contributed by atoms with Gasteiger partial charge in [-0.15, -0.1) is 10.2 Å². The van der Waals surface area contributed by atoms with E-state index in [2.05, 4.69) is 57.7 Å². The first kappa shape index (κ1) is 21.3. The Hall–Kier alpha value is -3.58. The average molecular weight is 456 g/mol. The van der Waals surface area contributed by atoms with Gasteiger partial charge in [-0.25, -0.2) is 0 Å². The van der Waals surface area contributed by atoms with Gasteiger partial charge in [-0.3, -0.25) is 9.36 Å². The van der Waals surface area contributed by atoms with E-state index in [1.165, 1.54) is 28.6 Å². The lowest BCUT2D eigenvalue weighted by molar-refractivity contribution is -0.113. The Labute approximate surface area is 197 Å². The predicted molar refractivity (Wildman–Crippen MR) is 133 cm³/mol. The number of hydrogen-bond donors (Lipinski definition) is 1. The van der Waals surface area contributed by atoms with Gasteiger partial charge in [0.2, 0.25) is 5.91 Å². The van der Waals surface area contributed by atoms with Gasteiger partial charge < -0.3 is 10.2 Å². The molecule has 3 aromatic carbocycles. The maximum Gasteiger partial charge on any atom is 0.234 e. The normalized spacial score (nSPS) is 12.6. The van der Waals surface area contributed by atoms with E-state index < -0.39 is 0 Å². The van der Waals surface area contributed by atoms with Crippen molar-refractivity contribution in [3.63, 3.8) is 0 Å². The third kappa shape index (κ3) is 4.78. The quantitative estimate of drug-likeness (QED) is 0.403. The Kier molecular flexibility index (Phi) is 6.13. The molecule has 1 N–H and O–H groups in total. The van der Waals surface area contributed by atoms with Crippen LogP contribution in [-0.2, 0) is 17.8 Å². The number of amides is 1. The van der Waals surface area contributed by atoms with Gasteiger partial charge in [0.15, 0.2) is 5.16 Å². The second-order valence-corrected chi connectivity index (χ2v) is 9.06. The van der Waals surface area contributed by atoms with Crippen LogP contribution in [0.25, 0.3) is 5.69 Å². The molecule has 6 nitrogen and oxygen atoms in total. The number of thioether (sulfide) groups is 1. The Balaban J connectivity index is 1.24. The summed E-state index contributed by atoms with van der Waals surface area (Å²) in [6.45, 7) is 3.81. The average Bonchev–Trinajstić information content (AvgIpc) is 3.47. The molecule has 1 aliphatic heterocycles. The van der Waals surface area contributed by atoms with Gasteiger partial charge >= 0.3 is 0 Å². The number of aryl methyl sites for hydroxylation is 1. The largest absolute Gasteiger partial charge is 0.367 e.